The third-order valence-electron chi connectivity index (χ3n) is 5.63. The van der Waals surface area contributed by atoms with Gasteiger partial charge >= 0.3 is 5.97 Å². The van der Waals surface area contributed by atoms with Crippen molar-refractivity contribution in [2.24, 2.45) is 0 Å². The number of aromatic amines is 1. The number of aliphatic carboxylic acids is 1. The first-order valence-corrected chi connectivity index (χ1v) is 11.2. The summed E-state index contributed by atoms with van der Waals surface area (Å²) in [5.74, 6) is -0.353. The predicted molar refractivity (Wildman–Crippen MR) is 128 cm³/mol. The summed E-state index contributed by atoms with van der Waals surface area (Å²) in [4.78, 5) is 15.4. The number of fused-ring (bicyclic) bond motifs is 1. The summed E-state index contributed by atoms with van der Waals surface area (Å²) in [5.41, 5.74) is 6.62. The molecule has 0 amide bonds. The lowest BCUT2D eigenvalue weighted by Gasteiger charge is -2.15. The van der Waals surface area contributed by atoms with Crippen molar-refractivity contribution in [3.05, 3.63) is 72.4 Å². The molecular formula is C25H21N4O2S+. The first-order chi connectivity index (χ1) is 15.5. The number of carbonyl (C=O) groups is 1. The number of thioether (sulfide) groups is 1. The quantitative estimate of drug-likeness (QED) is 0.328. The molecule has 158 valence electrons. The van der Waals surface area contributed by atoms with E-state index in [0.717, 1.165) is 34.0 Å². The third-order valence-corrected chi connectivity index (χ3v) is 6.46. The first-order valence-electron chi connectivity index (χ1n) is 10.2. The van der Waals surface area contributed by atoms with Crippen molar-refractivity contribution >= 4 is 39.8 Å². The zero-order valence-electron chi connectivity index (χ0n) is 17.7. The molecule has 0 fully saturated rings. The van der Waals surface area contributed by atoms with Gasteiger partial charge in [-0.15, -0.1) is 5.10 Å². The summed E-state index contributed by atoms with van der Waals surface area (Å²) < 4.78 is 2.10. The average molecular weight is 442 g/mol. The van der Waals surface area contributed by atoms with Gasteiger partial charge in [0.2, 0.25) is 5.16 Å². The van der Waals surface area contributed by atoms with Gasteiger partial charge in [-0.3, -0.25) is 9.89 Å². The number of hydrogen-bond donors (Lipinski definition) is 2. The van der Waals surface area contributed by atoms with Crippen LogP contribution in [0.1, 0.15) is 12.5 Å². The smallest absolute Gasteiger partial charge is 0.313 e. The molecule has 0 saturated heterocycles. The highest BCUT2D eigenvalue weighted by Crippen LogP contribution is 2.33. The normalized spacial score (nSPS) is 13.2. The largest absolute Gasteiger partial charge is 0.481 e. The van der Waals surface area contributed by atoms with Crippen molar-refractivity contribution in [3.8, 4) is 22.5 Å². The summed E-state index contributed by atoms with van der Waals surface area (Å²) >= 11 is 1.10. The number of carboxylic acids is 1. The second kappa shape index (κ2) is 8.09. The molecule has 0 spiro atoms. The number of rotatable bonds is 6. The van der Waals surface area contributed by atoms with E-state index >= 15 is 0 Å². The van der Waals surface area contributed by atoms with Crippen molar-refractivity contribution < 1.29 is 14.5 Å². The zero-order valence-corrected chi connectivity index (χ0v) is 18.5. The van der Waals surface area contributed by atoms with Gasteiger partial charge in [0.05, 0.1) is 5.75 Å². The maximum absolute atomic E-state index is 10.9. The lowest BCUT2D eigenvalue weighted by Crippen LogP contribution is -2.20. The molecule has 32 heavy (non-hydrogen) atoms. The number of aromatic nitrogens is 3. The molecule has 0 atom stereocenters. The number of nitrogens with one attached hydrogen (secondary N) is 1. The van der Waals surface area contributed by atoms with Crippen molar-refractivity contribution in [3.63, 3.8) is 0 Å². The van der Waals surface area contributed by atoms with Crippen LogP contribution >= 0.6 is 11.8 Å². The number of benzene rings is 3. The fourth-order valence-corrected chi connectivity index (χ4v) is 4.33. The van der Waals surface area contributed by atoms with Crippen LogP contribution in [0, 0.1) is 0 Å². The van der Waals surface area contributed by atoms with Crippen LogP contribution in [-0.4, -0.2) is 49.3 Å². The molecule has 1 aliphatic heterocycles. The fraction of sp³-hybridized carbons (Fsp3) is 0.120. The molecule has 0 saturated carbocycles. The lowest BCUT2D eigenvalue weighted by atomic mass is 9.92. The lowest BCUT2D eigenvalue weighted by molar-refractivity contribution is -0.430. The Labute approximate surface area is 189 Å². The Balaban J connectivity index is 1.59. The number of hydrogen-bond acceptors (Lipinski definition) is 4. The Bertz CT molecular complexity index is 1430. The SMILES string of the molecule is CC1=[N+](C)C=C1c1cc(-c2ccc3ccccc3c2)cc(-c2nc(SCC(=O)O)n[nH]2)c1. The van der Waals surface area contributed by atoms with E-state index in [1.807, 2.05) is 19.2 Å². The Morgan fingerprint density at radius 3 is 2.50 bits per heavy atom. The second-order valence-electron chi connectivity index (χ2n) is 7.75. The molecule has 3 aromatic carbocycles. The summed E-state index contributed by atoms with van der Waals surface area (Å²) in [6.45, 7) is 2.10. The molecule has 0 bridgehead atoms. The van der Waals surface area contributed by atoms with Crippen LogP contribution in [0.4, 0.5) is 0 Å². The Hall–Kier alpha value is -3.71. The van der Waals surface area contributed by atoms with E-state index in [1.165, 1.54) is 22.1 Å². The highest BCUT2D eigenvalue weighted by atomic mass is 32.2. The average Bonchev–Trinajstić information content (AvgIpc) is 3.29. The number of allylic oxidation sites excluding steroid dienone is 1. The van der Waals surface area contributed by atoms with Crippen LogP contribution in [0.2, 0.25) is 0 Å². The van der Waals surface area contributed by atoms with Crippen molar-refractivity contribution in [1.29, 1.82) is 0 Å². The predicted octanol–water partition coefficient (Wildman–Crippen LogP) is 4.93. The number of H-pyrrole nitrogens is 1. The molecule has 1 aromatic heterocycles. The molecule has 2 N–H and O–H groups in total. The minimum Gasteiger partial charge on any atom is -0.481 e. The van der Waals surface area contributed by atoms with Gasteiger partial charge in [0, 0.05) is 12.5 Å². The van der Waals surface area contributed by atoms with Crippen LogP contribution in [0.3, 0.4) is 0 Å². The van der Waals surface area contributed by atoms with Crippen molar-refractivity contribution in [2.75, 3.05) is 12.8 Å². The Morgan fingerprint density at radius 2 is 1.75 bits per heavy atom. The molecule has 0 aliphatic carbocycles. The van der Waals surface area contributed by atoms with Gasteiger partial charge in [0.15, 0.2) is 17.7 Å². The summed E-state index contributed by atoms with van der Waals surface area (Å²) in [7, 11) is 2.04. The summed E-state index contributed by atoms with van der Waals surface area (Å²) in [5, 5.41) is 18.9. The van der Waals surface area contributed by atoms with E-state index in [1.54, 1.807) is 0 Å². The van der Waals surface area contributed by atoms with Crippen LogP contribution in [0.15, 0.2) is 72.0 Å². The molecular weight excluding hydrogens is 420 g/mol. The van der Waals surface area contributed by atoms with E-state index < -0.39 is 5.97 Å². The number of carboxylic acid groups (broad SMARTS) is 1. The van der Waals surface area contributed by atoms with Gasteiger partial charge < -0.3 is 5.11 Å². The first kappa shape index (κ1) is 20.2. The maximum atomic E-state index is 10.9. The molecule has 4 aromatic rings. The summed E-state index contributed by atoms with van der Waals surface area (Å²) in [6.07, 6.45) is 2.12. The summed E-state index contributed by atoms with van der Waals surface area (Å²) in [6, 6.07) is 21.2. The van der Waals surface area contributed by atoms with Gasteiger partial charge in [-0.05, 0) is 51.7 Å². The molecule has 5 rings (SSSR count). The Morgan fingerprint density at radius 1 is 1.00 bits per heavy atom. The second-order valence-corrected chi connectivity index (χ2v) is 8.69. The Kier molecular flexibility index (Phi) is 5.11. The highest BCUT2D eigenvalue weighted by Gasteiger charge is 2.25. The van der Waals surface area contributed by atoms with Gasteiger partial charge in [0.1, 0.15) is 12.6 Å². The van der Waals surface area contributed by atoms with E-state index in [-0.39, 0.29) is 5.75 Å². The van der Waals surface area contributed by atoms with Crippen molar-refractivity contribution in [1.82, 2.24) is 15.2 Å². The van der Waals surface area contributed by atoms with Gasteiger partial charge in [-0.1, -0.05) is 48.2 Å². The van der Waals surface area contributed by atoms with Crippen LogP contribution in [0.25, 0.3) is 38.9 Å². The third kappa shape index (κ3) is 3.83. The van der Waals surface area contributed by atoms with Crippen molar-refractivity contribution in [2.45, 2.75) is 12.1 Å². The maximum Gasteiger partial charge on any atom is 0.313 e. The topological polar surface area (TPSA) is 81.9 Å². The monoisotopic (exact) mass is 441 g/mol. The van der Waals surface area contributed by atoms with E-state index in [9.17, 15) is 4.79 Å². The number of nitrogens with zero attached hydrogens (tertiary/aromatic N) is 3. The van der Waals surface area contributed by atoms with Gasteiger partial charge in [0.25, 0.3) is 0 Å². The molecule has 0 radical (unpaired) electrons. The molecule has 2 heterocycles. The van der Waals surface area contributed by atoms with E-state index in [2.05, 4.69) is 81.4 Å². The van der Waals surface area contributed by atoms with Gasteiger partial charge in [-0.2, -0.15) is 0 Å². The highest BCUT2D eigenvalue weighted by molar-refractivity contribution is 7.99. The molecule has 7 heteroatoms. The van der Waals surface area contributed by atoms with Gasteiger partial charge in [-0.25, -0.2) is 9.56 Å². The minimum atomic E-state index is -0.894. The fourth-order valence-electron chi connectivity index (χ4n) is 3.81. The molecule has 6 nitrogen and oxygen atoms in total. The molecule has 1 aliphatic rings. The van der Waals surface area contributed by atoms with Crippen LogP contribution in [0.5, 0.6) is 0 Å². The van der Waals surface area contributed by atoms with Crippen LogP contribution < -0.4 is 0 Å². The minimum absolute atomic E-state index is 0.0763. The zero-order chi connectivity index (χ0) is 22.2. The standard InChI is InChI=1S/C25H20N4O2S/c1-15-22(13-29(15)2)20-10-19(18-8-7-16-5-3-4-6-17(16)9-18)11-21(12-20)24-26-25(28-27-24)32-14-23(30)31/h3-13H,14H2,1-2H3,(H-,26,27,28,30,31)/p+1. The molecule has 0 unspecified atom stereocenters. The van der Waals surface area contributed by atoms with E-state index in [4.69, 9.17) is 5.11 Å². The van der Waals surface area contributed by atoms with Crippen LogP contribution in [-0.2, 0) is 4.79 Å². The van der Waals surface area contributed by atoms with E-state index in [0.29, 0.717) is 11.0 Å².